The molecule has 0 aliphatic rings. The average Bonchev–Trinajstić information content (AvgIpc) is 1.60. The van der Waals surface area contributed by atoms with E-state index in [-0.39, 0.29) is 0 Å². The van der Waals surface area contributed by atoms with Gasteiger partial charge in [0.05, 0.1) is 5.60 Å². The third-order valence-corrected chi connectivity index (χ3v) is 1.08. The minimum Gasteiger partial charge on any atom is -0.480 e. The fraction of sp³-hybridized carbons (Fsp3) is 0.800. The van der Waals surface area contributed by atoms with E-state index < -0.39 is 17.6 Å². The molecule has 0 heterocycles. The standard InChI is InChI=1S/C5H11NO4/c1-5(2,9)3(6-10)4(7)8/h3,6,9-10H,1-2H3,(H,7,8). The maximum atomic E-state index is 10.2. The largest absolute Gasteiger partial charge is 0.480 e. The number of nitrogens with one attached hydrogen (secondary N) is 1. The van der Waals surface area contributed by atoms with Crippen molar-refractivity contribution in [2.45, 2.75) is 25.5 Å². The molecule has 0 aromatic heterocycles. The summed E-state index contributed by atoms with van der Waals surface area (Å²) in [6.07, 6.45) is 0. The first-order chi connectivity index (χ1) is 4.39. The van der Waals surface area contributed by atoms with Crippen molar-refractivity contribution >= 4 is 5.97 Å². The lowest BCUT2D eigenvalue weighted by molar-refractivity contribution is -0.150. The lowest BCUT2D eigenvalue weighted by atomic mass is 10.0. The first-order valence-corrected chi connectivity index (χ1v) is 2.74. The van der Waals surface area contributed by atoms with Gasteiger partial charge < -0.3 is 15.4 Å². The van der Waals surface area contributed by atoms with Crippen LogP contribution in [0.25, 0.3) is 0 Å². The lowest BCUT2D eigenvalue weighted by Gasteiger charge is -2.23. The van der Waals surface area contributed by atoms with Gasteiger partial charge in [0.1, 0.15) is 0 Å². The number of aliphatic hydroxyl groups is 1. The second kappa shape index (κ2) is 2.96. The topological polar surface area (TPSA) is 89.8 Å². The molecule has 4 N–H and O–H groups in total. The molecular formula is C5H11NO4. The third kappa shape index (κ3) is 2.30. The van der Waals surface area contributed by atoms with Crippen molar-refractivity contribution in [1.29, 1.82) is 0 Å². The van der Waals surface area contributed by atoms with E-state index >= 15 is 0 Å². The van der Waals surface area contributed by atoms with E-state index in [2.05, 4.69) is 0 Å². The van der Waals surface area contributed by atoms with Crippen LogP contribution in [0.4, 0.5) is 0 Å². The quantitative estimate of drug-likeness (QED) is 0.394. The Hall–Kier alpha value is -0.650. The van der Waals surface area contributed by atoms with Crippen molar-refractivity contribution in [1.82, 2.24) is 5.48 Å². The highest BCUT2D eigenvalue weighted by Gasteiger charge is 2.32. The molecule has 0 fully saturated rings. The molecule has 1 atom stereocenters. The molecule has 60 valence electrons. The van der Waals surface area contributed by atoms with Crippen LogP contribution in [0.15, 0.2) is 0 Å². The molecule has 0 radical (unpaired) electrons. The number of carboxylic acid groups (broad SMARTS) is 1. The van der Waals surface area contributed by atoms with Gasteiger partial charge in [-0.1, -0.05) is 0 Å². The predicted molar refractivity (Wildman–Crippen MR) is 32.6 cm³/mol. The Morgan fingerprint density at radius 2 is 2.00 bits per heavy atom. The summed E-state index contributed by atoms with van der Waals surface area (Å²) in [5, 5.41) is 25.6. The number of hydrogen-bond acceptors (Lipinski definition) is 4. The van der Waals surface area contributed by atoms with Gasteiger partial charge in [-0.15, -0.1) is 0 Å². The minimum absolute atomic E-state index is 1.29. The van der Waals surface area contributed by atoms with Crippen LogP contribution < -0.4 is 5.48 Å². The van der Waals surface area contributed by atoms with Gasteiger partial charge in [0.25, 0.3) is 0 Å². The SMILES string of the molecule is CC(C)(O)C(NO)C(=O)O. The first kappa shape index (κ1) is 9.35. The second-order valence-corrected chi connectivity index (χ2v) is 2.55. The first-order valence-electron chi connectivity index (χ1n) is 2.74. The molecule has 1 unspecified atom stereocenters. The van der Waals surface area contributed by atoms with Crippen molar-refractivity contribution in [3.63, 3.8) is 0 Å². The Kier molecular flexibility index (Phi) is 2.77. The van der Waals surface area contributed by atoms with Crippen molar-refractivity contribution in [3.05, 3.63) is 0 Å². The van der Waals surface area contributed by atoms with Gasteiger partial charge in [-0.3, -0.25) is 4.79 Å². The maximum Gasteiger partial charge on any atom is 0.326 e. The number of carboxylic acids is 1. The molecule has 0 aromatic carbocycles. The van der Waals surface area contributed by atoms with Crippen molar-refractivity contribution in [2.75, 3.05) is 0 Å². The number of hydroxylamine groups is 1. The van der Waals surface area contributed by atoms with E-state index in [1.165, 1.54) is 19.3 Å². The molecule has 0 aromatic rings. The third-order valence-electron chi connectivity index (χ3n) is 1.08. The highest BCUT2D eigenvalue weighted by atomic mass is 16.5. The Morgan fingerprint density at radius 1 is 1.60 bits per heavy atom. The van der Waals surface area contributed by atoms with Crippen LogP contribution in [0.2, 0.25) is 0 Å². The van der Waals surface area contributed by atoms with E-state index in [0.29, 0.717) is 0 Å². The molecule has 5 heteroatoms. The number of carbonyl (C=O) groups is 1. The Morgan fingerprint density at radius 3 is 2.00 bits per heavy atom. The van der Waals surface area contributed by atoms with Gasteiger partial charge in [-0.05, 0) is 13.8 Å². The Balaban J connectivity index is 4.22. The molecule has 0 saturated carbocycles. The molecule has 5 nitrogen and oxygen atoms in total. The summed E-state index contributed by atoms with van der Waals surface area (Å²) in [4.78, 5) is 10.2. The highest BCUT2D eigenvalue weighted by Crippen LogP contribution is 2.07. The number of rotatable bonds is 3. The van der Waals surface area contributed by atoms with Crippen molar-refractivity contribution in [2.24, 2.45) is 0 Å². The number of hydrogen-bond donors (Lipinski definition) is 4. The van der Waals surface area contributed by atoms with Crippen molar-refractivity contribution in [3.8, 4) is 0 Å². The van der Waals surface area contributed by atoms with Crippen LogP contribution in [0.5, 0.6) is 0 Å². The monoisotopic (exact) mass is 149 g/mol. The zero-order valence-electron chi connectivity index (χ0n) is 5.83. The summed E-state index contributed by atoms with van der Waals surface area (Å²) < 4.78 is 0. The summed E-state index contributed by atoms with van der Waals surface area (Å²) in [6.45, 7) is 2.57. The maximum absolute atomic E-state index is 10.2. The van der Waals surface area contributed by atoms with Gasteiger partial charge >= 0.3 is 5.97 Å². The van der Waals surface area contributed by atoms with Crippen LogP contribution in [0.3, 0.4) is 0 Å². The zero-order chi connectivity index (χ0) is 8.36. The van der Waals surface area contributed by atoms with E-state index in [1.54, 1.807) is 0 Å². The fourth-order valence-corrected chi connectivity index (χ4v) is 0.515. The fourth-order valence-electron chi connectivity index (χ4n) is 0.515. The predicted octanol–water partition coefficient (Wildman–Crippen LogP) is -0.811. The van der Waals surface area contributed by atoms with Gasteiger partial charge in [-0.25, -0.2) is 0 Å². The highest BCUT2D eigenvalue weighted by molar-refractivity contribution is 5.74. The average molecular weight is 149 g/mol. The van der Waals surface area contributed by atoms with E-state index in [1.807, 2.05) is 0 Å². The zero-order valence-corrected chi connectivity index (χ0v) is 5.83. The van der Waals surface area contributed by atoms with Crippen LogP contribution >= 0.6 is 0 Å². The molecule has 0 spiro atoms. The lowest BCUT2D eigenvalue weighted by Crippen LogP contribution is -2.50. The minimum atomic E-state index is -1.47. The molecule has 0 bridgehead atoms. The second-order valence-electron chi connectivity index (χ2n) is 2.55. The van der Waals surface area contributed by atoms with E-state index in [0.717, 1.165) is 0 Å². The summed E-state index contributed by atoms with van der Waals surface area (Å²) in [5.74, 6) is -1.30. The summed E-state index contributed by atoms with van der Waals surface area (Å²) in [7, 11) is 0. The smallest absolute Gasteiger partial charge is 0.326 e. The van der Waals surface area contributed by atoms with E-state index in [9.17, 15) is 4.79 Å². The normalized spacial score (nSPS) is 14.8. The van der Waals surface area contributed by atoms with Crippen LogP contribution in [0, 0.1) is 0 Å². The molecule has 0 aliphatic carbocycles. The van der Waals surface area contributed by atoms with Gasteiger partial charge in [-0.2, -0.15) is 5.48 Å². The van der Waals surface area contributed by atoms with Gasteiger partial charge in [0.15, 0.2) is 6.04 Å². The summed E-state index contributed by atoms with van der Waals surface area (Å²) in [6, 6.07) is -1.35. The summed E-state index contributed by atoms with van der Waals surface area (Å²) in [5.41, 5.74) is 0.0203. The number of aliphatic carboxylic acids is 1. The summed E-state index contributed by atoms with van der Waals surface area (Å²) >= 11 is 0. The van der Waals surface area contributed by atoms with Gasteiger partial charge in [0, 0.05) is 0 Å². The molecule has 0 saturated heterocycles. The molecule has 0 rings (SSSR count). The molecule has 0 amide bonds. The van der Waals surface area contributed by atoms with Gasteiger partial charge in [0.2, 0.25) is 0 Å². The molecule has 10 heavy (non-hydrogen) atoms. The molecular weight excluding hydrogens is 138 g/mol. The van der Waals surface area contributed by atoms with E-state index in [4.69, 9.17) is 15.4 Å². The van der Waals surface area contributed by atoms with Crippen LogP contribution in [-0.4, -0.2) is 33.0 Å². The molecule has 0 aliphatic heterocycles. The van der Waals surface area contributed by atoms with Crippen LogP contribution in [0.1, 0.15) is 13.8 Å². The Bertz CT molecular complexity index is 128. The van der Waals surface area contributed by atoms with Crippen LogP contribution in [-0.2, 0) is 4.79 Å². The van der Waals surface area contributed by atoms with Crippen molar-refractivity contribution < 1.29 is 20.2 Å². The Labute approximate surface area is 58.2 Å².